The molecule has 0 aliphatic rings. The first-order valence-corrected chi connectivity index (χ1v) is 7.54. The molecule has 2 aromatic rings. The number of halogens is 1. The van der Waals surface area contributed by atoms with Crippen LogP contribution in [0.4, 0.5) is 0 Å². The number of aryl methyl sites for hydroxylation is 2. The number of hydrogen-bond donors (Lipinski definition) is 1. The summed E-state index contributed by atoms with van der Waals surface area (Å²) in [5.74, 6) is 0. The second-order valence-electron chi connectivity index (χ2n) is 4.11. The van der Waals surface area contributed by atoms with E-state index in [1.165, 1.54) is 5.56 Å². The molecule has 0 unspecified atom stereocenters. The van der Waals surface area contributed by atoms with Gasteiger partial charge in [-0.15, -0.1) is 0 Å². The van der Waals surface area contributed by atoms with E-state index in [4.69, 9.17) is 11.6 Å². The van der Waals surface area contributed by atoms with E-state index in [0.717, 1.165) is 42.5 Å². The Hall–Kier alpha value is -0.840. The smallest absolute Gasteiger partial charge is 0.0863 e. The molecule has 2 aromatic heterocycles. The van der Waals surface area contributed by atoms with Gasteiger partial charge in [0, 0.05) is 19.6 Å². The Morgan fingerprint density at radius 1 is 1.39 bits per heavy atom. The van der Waals surface area contributed by atoms with Crippen molar-refractivity contribution < 1.29 is 0 Å². The van der Waals surface area contributed by atoms with Gasteiger partial charge >= 0.3 is 0 Å². The zero-order valence-electron chi connectivity index (χ0n) is 10.7. The van der Waals surface area contributed by atoms with E-state index < -0.39 is 0 Å². The Labute approximate surface area is 117 Å². The first-order chi connectivity index (χ1) is 8.76. The SMILES string of the molecule is CCc1nn(CC)c(CNCc2ccsc2)c1Cl. The van der Waals surface area contributed by atoms with Crippen molar-refractivity contribution in [1.29, 1.82) is 0 Å². The Morgan fingerprint density at radius 3 is 2.83 bits per heavy atom. The van der Waals surface area contributed by atoms with Crippen LogP contribution in [0.3, 0.4) is 0 Å². The number of nitrogens with zero attached hydrogens (tertiary/aromatic N) is 2. The van der Waals surface area contributed by atoms with Gasteiger partial charge in [-0.25, -0.2) is 0 Å². The molecule has 0 amide bonds. The largest absolute Gasteiger partial charge is 0.307 e. The Balaban J connectivity index is 2.01. The van der Waals surface area contributed by atoms with Gasteiger partial charge in [-0.2, -0.15) is 16.4 Å². The van der Waals surface area contributed by atoms with E-state index in [2.05, 4.69) is 41.1 Å². The van der Waals surface area contributed by atoms with E-state index in [9.17, 15) is 0 Å². The van der Waals surface area contributed by atoms with E-state index in [1.54, 1.807) is 11.3 Å². The number of aromatic nitrogens is 2. The lowest BCUT2D eigenvalue weighted by Gasteiger charge is -2.06. The van der Waals surface area contributed by atoms with Gasteiger partial charge in [0.05, 0.1) is 16.4 Å². The zero-order valence-corrected chi connectivity index (χ0v) is 12.3. The average molecular weight is 284 g/mol. The van der Waals surface area contributed by atoms with Crippen molar-refractivity contribution in [3.63, 3.8) is 0 Å². The third-order valence-corrected chi connectivity index (χ3v) is 4.06. The minimum absolute atomic E-state index is 0.759. The highest BCUT2D eigenvalue weighted by molar-refractivity contribution is 7.07. The van der Waals surface area contributed by atoms with Gasteiger partial charge in [-0.05, 0) is 35.7 Å². The van der Waals surface area contributed by atoms with Crippen LogP contribution in [-0.4, -0.2) is 9.78 Å². The lowest BCUT2D eigenvalue weighted by Crippen LogP contribution is -2.16. The van der Waals surface area contributed by atoms with Crippen LogP contribution in [0, 0.1) is 0 Å². The minimum atomic E-state index is 0.759. The van der Waals surface area contributed by atoms with Crippen molar-refractivity contribution in [1.82, 2.24) is 15.1 Å². The third kappa shape index (κ3) is 2.94. The molecule has 2 heterocycles. The van der Waals surface area contributed by atoms with Crippen molar-refractivity contribution in [2.45, 2.75) is 39.9 Å². The molecule has 0 fully saturated rings. The second kappa shape index (κ2) is 6.36. The quantitative estimate of drug-likeness (QED) is 0.880. The molecular formula is C13H18ClN3S. The lowest BCUT2D eigenvalue weighted by atomic mass is 10.3. The predicted octanol–water partition coefficient (Wildman–Crippen LogP) is 3.47. The van der Waals surface area contributed by atoms with Crippen LogP contribution in [0.1, 0.15) is 30.8 Å². The normalized spacial score (nSPS) is 11.1. The molecule has 5 heteroatoms. The standard InChI is InChI=1S/C13H18ClN3S/c1-3-11-13(14)12(17(4-2)16-11)8-15-7-10-5-6-18-9-10/h5-6,9,15H,3-4,7-8H2,1-2H3. The van der Waals surface area contributed by atoms with Gasteiger partial charge in [0.15, 0.2) is 0 Å². The number of rotatable bonds is 6. The fourth-order valence-electron chi connectivity index (χ4n) is 1.90. The van der Waals surface area contributed by atoms with Crippen molar-refractivity contribution in [2.75, 3.05) is 0 Å². The van der Waals surface area contributed by atoms with Gasteiger partial charge in [0.2, 0.25) is 0 Å². The highest BCUT2D eigenvalue weighted by Crippen LogP contribution is 2.21. The van der Waals surface area contributed by atoms with Crippen LogP contribution in [0.25, 0.3) is 0 Å². The van der Waals surface area contributed by atoms with Gasteiger partial charge < -0.3 is 5.32 Å². The monoisotopic (exact) mass is 283 g/mol. The molecular weight excluding hydrogens is 266 g/mol. The highest BCUT2D eigenvalue weighted by Gasteiger charge is 2.13. The van der Waals surface area contributed by atoms with Crippen molar-refractivity contribution >= 4 is 22.9 Å². The van der Waals surface area contributed by atoms with Crippen LogP contribution < -0.4 is 5.32 Å². The molecule has 18 heavy (non-hydrogen) atoms. The summed E-state index contributed by atoms with van der Waals surface area (Å²) in [4.78, 5) is 0. The first kappa shape index (κ1) is 13.6. The summed E-state index contributed by atoms with van der Waals surface area (Å²) in [6.07, 6.45) is 0.878. The molecule has 0 aromatic carbocycles. The minimum Gasteiger partial charge on any atom is -0.307 e. The summed E-state index contributed by atoms with van der Waals surface area (Å²) in [6, 6.07) is 2.13. The Kier molecular flexibility index (Phi) is 4.80. The molecule has 3 nitrogen and oxygen atoms in total. The molecule has 0 saturated heterocycles. The van der Waals surface area contributed by atoms with Crippen molar-refractivity contribution in [3.05, 3.63) is 38.8 Å². The maximum Gasteiger partial charge on any atom is 0.0863 e. The summed E-state index contributed by atoms with van der Waals surface area (Å²) in [5, 5.41) is 13.0. The van der Waals surface area contributed by atoms with E-state index in [0.29, 0.717) is 0 Å². The molecule has 0 bridgehead atoms. The van der Waals surface area contributed by atoms with E-state index in [1.807, 2.05) is 4.68 Å². The number of nitrogens with one attached hydrogen (secondary N) is 1. The van der Waals surface area contributed by atoms with Crippen molar-refractivity contribution in [3.8, 4) is 0 Å². The number of hydrogen-bond acceptors (Lipinski definition) is 3. The molecule has 2 rings (SSSR count). The Bertz CT molecular complexity index is 491. The predicted molar refractivity (Wildman–Crippen MR) is 77.2 cm³/mol. The van der Waals surface area contributed by atoms with Crippen molar-refractivity contribution in [2.24, 2.45) is 0 Å². The zero-order chi connectivity index (χ0) is 13.0. The highest BCUT2D eigenvalue weighted by atomic mass is 35.5. The van der Waals surface area contributed by atoms with Gasteiger partial charge in [-0.3, -0.25) is 4.68 Å². The maximum atomic E-state index is 6.35. The van der Waals surface area contributed by atoms with Gasteiger partial charge in [0.25, 0.3) is 0 Å². The summed E-state index contributed by atoms with van der Waals surface area (Å²) >= 11 is 8.07. The maximum absolute atomic E-state index is 6.35. The van der Waals surface area contributed by atoms with E-state index in [-0.39, 0.29) is 0 Å². The molecule has 1 N–H and O–H groups in total. The fourth-order valence-corrected chi connectivity index (χ4v) is 2.91. The summed E-state index contributed by atoms with van der Waals surface area (Å²) in [5.41, 5.74) is 3.39. The fraction of sp³-hybridized carbons (Fsp3) is 0.462. The molecule has 98 valence electrons. The molecule has 0 radical (unpaired) electrons. The first-order valence-electron chi connectivity index (χ1n) is 6.22. The van der Waals surface area contributed by atoms with Gasteiger partial charge in [-0.1, -0.05) is 18.5 Å². The van der Waals surface area contributed by atoms with E-state index >= 15 is 0 Å². The number of thiophene rings is 1. The van der Waals surface area contributed by atoms with Crippen LogP contribution in [0.15, 0.2) is 16.8 Å². The topological polar surface area (TPSA) is 29.9 Å². The summed E-state index contributed by atoms with van der Waals surface area (Å²) in [6.45, 7) is 6.66. The molecule has 0 saturated carbocycles. The molecule has 0 spiro atoms. The summed E-state index contributed by atoms with van der Waals surface area (Å²) in [7, 11) is 0. The second-order valence-corrected chi connectivity index (χ2v) is 5.27. The molecule has 0 aliphatic heterocycles. The summed E-state index contributed by atoms with van der Waals surface area (Å²) < 4.78 is 1.99. The van der Waals surface area contributed by atoms with Crippen LogP contribution in [0.5, 0.6) is 0 Å². The van der Waals surface area contributed by atoms with Crippen LogP contribution in [-0.2, 0) is 26.1 Å². The van der Waals surface area contributed by atoms with Crippen LogP contribution in [0.2, 0.25) is 5.02 Å². The van der Waals surface area contributed by atoms with Crippen LogP contribution >= 0.6 is 22.9 Å². The molecule has 0 aliphatic carbocycles. The average Bonchev–Trinajstić information content (AvgIpc) is 2.99. The Morgan fingerprint density at radius 2 is 2.22 bits per heavy atom. The third-order valence-electron chi connectivity index (χ3n) is 2.90. The lowest BCUT2D eigenvalue weighted by molar-refractivity contribution is 0.578. The van der Waals surface area contributed by atoms with Gasteiger partial charge in [0.1, 0.15) is 0 Å². The molecule has 0 atom stereocenters.